The van der Waals surface area contributed by atoms with Gasteiger partial charge < -0.3 is 9.47 Å². The highest BCUT2D eigenvalue weighted by molar-refractivity contribution is 5.64. The SMILES string of the molecule is CCOC(C)(F)c1nnc2ccc(-c3cnc(OCC(F)(F)F)c(F)c3)cn12. The molecule has 0 aliphatic rings. The van der Waals surface area contributed by atoms with Crippen LogP contribution in [0.25, 0.3) is 16.8 Å². The molecular weight excluding hydrogens is 387 g/mol. The second-order valence-electron chi connectivity index (χ2n) is 5.93. The largest absolute Gasteiger partial charge is 0.466 e. The van der Waals surface area contributed by atoms with Crippen molar-refractivity contribution in [3.63, 3.8) is 0 Å². The number of alkyl halides is 4. The van der Waals surface area contributed by atoms with E-state index in [0.29, 0.717) is 11.2 Å². The molecular formula is C17H15F5N4O2. The highest BCUT2D eigenvalue weighted by Crippen LogP contribution is 2.29. The minimum absolute atomic E-state index is 0.107. The quantitative estimate of drug-likeness (QED) is 0.582. The third-order valence-electron chi connectivity index (χ3n) is 3.73. The molecule has 0 saturated carbocycles. The lowest BCUT2D eigenvalue weighted by atomic mass is 10.1. The van der Waals surface area contributed by atoms with E-state index in [1.165, 1.54) is 23.6 Å². The smallest absolute Gasteiger partial charge is 0.422 e. The van der Waals surface area contributed by atoms with Crippen LogP contribution in [-0.4, -0.2) is 39.0 Å². The number of halogens is 5. The molecule has 3 heterocycles. The molecule has 1 atom stereocenters. The summed E-state index contributed by atoms with van der Waals surface area (Å²) in [5, 5.41) is 7.65. The van der Waals surface area contributed by atoms with Crippen molar-refractivity contribution in [1.29, 1.82) is 0 Å². The van der Waals surface area contributed by atoms with Crippen LogP contribution in [0, 0.1) is 5.82 Å². The summed E-state index contributed by atoms with van der Waals surface area (Å²) >= 11 is 0. The Labute approximate surface area is 155 Å². The van der Waals surface area contributed by atoms with Crippen molar-refractivity contribution in [2.75, 3.05) is 13.2 Å². The lowest BCUT2D eigenvalue weighted by molar-refractivity contribution is -0.154. The summed E-state index contributed by atoms with van der Waals surface area (Å²) in [6.07, 6.45) is -2.01. The Hall–Kier alpha value is -2.82. The first-order chi connectivity index (χ1) is 13.1. The van der Waals surface area contributed by atoms with Crippen LogP contribution in [0.2, 0.25) is 0 Å². The normalized spacial score (nSPS) is 14.2. The first-order valence-electron chi connectivity index (χ1n) is 8.14. The van der Waals surface area contributed by atoms with Crippen LogP contribution in [0.1, 0.15) is 19.7 Å². The number of fused-ring (bicyclic) bond motifs is 1. The van der Waals surface area contributed by atoms with Gasteiger partial charge >= 0.3 is 6.18 Å². The topological polar surface area (TPSA) is 61.5 Å². The summed E-state index contributed by atoms with van der Waals surface area (Å²) in [6, 6.07) is 4.07. The van der Waals surface area contributed by atoms with Gasteiger partial charge in [-0.3, -0.25) is 4.40 Å². The summed E-state index contributed by atoms with van der Waals surface area (Å²) in [4.78, 5) is 3.59. The second-order valence-corrected chi connectivity index (χ2v) is 5.93. The van der Waals surface area contributed by atoms with Gasteiger partial charge in [-0.2, -0.15) is 13.2 Å². The third-order valence-corrected chi connectivity index (χ3v) is 3.73. The maximum Gasteiger partial charge on any atom is 0.422 e. The van der Waals surface area contributed by atoms with Gasteiger partial charge in [0, 0.05) is 37.1 Å². The van der Waals surface area contributed by atoms with E-state index in [0.717, 1.165) is 12.3 Å². The van der Waals surface area contributed by atoms with Gasteiger partial charge in [-0.05, 0) is 25.1 Å². The number of rotatable bonds is 6. The van der Waals surface area contributed by atoms with E-state index in [-0.39, 0.29) is 18.0 Å². The molecule has 0 spiro atoms. The van der Waals surface area contributed by atoms with Crippen LogP contribution in [-0.2, 0) is 10.6 Å². The average Bonchev–Trinajstić information content (AvgIpc) is 3.04. The molecule has 0 saturated heterocycles. The molecule has 150 valence electrons. The Balaban J connectivity index is 1.94. The monoisotopic (exact) mass is 402 g/mol. The van der Waals surface area contributed by atoms with Gasteiger partial charge in [-0.1, -0.05) is 0 Å². The number of pyridine rings is 2. The molecule has 0 fully saturated rings. The van der Waals surface area contributed by atoms with Gasteiger partial charge in [0.05, 0.1) is 0 Å². The van der Waals surface area contributed by atoms with E-state index in [2.05, 4.69) is 19.9 Å². The number of hydrogen-bond acceptors (Lipinski definition) is 5. The number of hydrogen-bond donors (Lipinski definition) is 0. The Morgan fingerprint density at radius 1 is 1.11 bits per heavy atom. The molecule has 0 aliphatic carbocycles. The van der Waals surface area contributed by atoms with E-state index < -0.39 is 30.3 Å². The van der Waals surface area contributed by atoms with E-state index in [9.17, 15) is 22.0 Å². The molecule has 28 heavy (non-hydrogen) atoms. The minimum Gasteiger partial charge on any atom is -0.466 e. The van der Waals surface area contributed by atoms with Gasteiger partial charge in [-0.15, -0.1) is 10.2 Å². The van der Waals surface area contributed by atoms with Gasteiger partial charge in [0.2, 0.25) is 5.82 Å². The molecule has 0 N–H and O–H groups in total. The zero-order chi connectivity index (χ0) is 20.5. The molecule has 3 rings (SSSR count). The highest BCUT2D eigenvalue weighted by atomic mass is 19.4. The van der Waals surface area contributed by atoms with Gasteiger partial charge in [0.1, 0.15) is 0 Å². The molecule has 0 aliphatic heterocycles. The van der Waals surface area contributed by atoms with Crippen LogP contribution in [0.5, 0.6) is 5.88 Å². The van der Waals surface area contributed by atoms with Crippen LogP contribution in [0.3, 0.4) is 0 Å². The molecule has 0 radical (unpaired) electrons. The predicted molar refractivity (Wildman–Crippen MR) is 87.8 cm³/mol. The Morgan fingerprint density at radius 2 is 1.86 bits per heavy atom. The minimum atomic E-state index is -4.61. The van der Waals surface area contributed by atoms with Crippen molar-refractivity contribution >= 4 is 5.65 Å². The fraction of sp³-hybridized carbons (Fsp3) is 0.353. The Bertz CT molecular complexity index is 987. The van der Waals surface area contributed by atoms with Crippen molar-refractivity contribution in [2.45, 2.75) is 25.9 Å². The van der Waals surface area contributed by atoms with Crippen LogP contribution in [0.4, 0.5) is 22.0 Å². The molecule has 11 heteroatoms. The summed E-state index contributed by atoms with van der Waals surface area (Å²) in [6.45, 7) is 1.27. The van der Waals surface area contributed by atoms with Crippen LogP contribution in [0.15, 0.2) is 30.6 Å². The molecule has 1 unspecified atom stereocenters. The fourth-order valence-corrected chi connectivity index (χ4v) is 2.54. The first kappa shape index (κ1) is 19.9. The molecule has 0 bridgehead atoms. The summed E-state index contributed by atoms with van der Waals surface area (Å²) < 4.78 is 76.1. The lowest BCUT2D eigenvalue weighted by Gasteiger charge is -2.18. The lowest BCUT2D eigenvalue weighted by Crippen LogP contribution is -2.23. The summed E-state index contributed by atoms with van der Waals surface area (Å²) in [5.41, 5.74) is 0.992. The Morgan fingerprint density at radius 3 is 2.50 bits per heavy atom. The average molecular weight is 402 g/mol. The standard InChI is InChI=1S/C17H15F5N4O2/c1-3-28-16(2,19)15-25-24-13-5-4-10(8-26(13)15)11-6-12(18)14(23-7-11)27-9-17(20,21)22/h4-8H,3,9H2,1-2H3. The van der Waals surface area contributed by atoms with E-state index in [1.54, 1.807) is 13.0 Å². The fourth-order valence-electron chi connectivity index (χ4n) is 2.54. The number of nitrogens with zero attached hydrogens (tertiary/aromatic N) is 4. The molecule has 3 aromatic heterocycles. The van der Waals surface area contributed by atoms with Crippen LogP contribution >= 0.6 is 0 Å². The van der Waals surface area contributed by atoms with Crippen molar-refractivity contribution in [3.8, 4) is 17.0 Å². The maximum absolute atomic E-state index is 14.7. The van der Waals surface area contributed by atoms with E-state index in [1.807, 2.05) is 0 Å². The zero-order valence-electron chi connectivity index (χ0n) is 14.8. The van der Waals surface area contributed by atoms with Gasteiger partial charge in [0.15, 0.2) is 18.1 Å². The van der Waals surface area contributed by atoms with E-state index in [4.69, 9.17) is 4.74 Å². The summed E-state index contributed by atoms with van der Waals surface area (Å²) in [7, 11) is 0. The van der Waals surface area contributed by atoms with E-state index >= 15 is 0 Å². The molecule has 6 nitrogen and oxygen atoms in total. The highest BCUT2D eigenvalue weighted by Gasteiger charge is 2.32. The Kier molecular flexibility index (Phi) is 5.20. The molecule has 3 aromatic rings. The molecule has 0 aromatic carbocycles. The van der Waals surface area contributed by atoms with Crippen LogP contribution < -0.4 is 4.74 Å². The second kappa shape index (κ2) is 7.30. The third kappa shape index (κ3) is 4.19. The zero-order valence-corrected chi connectivity index (χ0v) is 14.8. The van der Waals surface area contributed by atoms with Crippen molar-refractivity contribution in [3.05, 3.63) is 42.2 Å². The number of ether oxygens (including phenoxy) is 2. The van der Waals surface area contributed by atoms with Crippen molar-refractivity contribution < 1.29 is 31.4 Å². The summed E-state index contributed by atoms with van der Waals surface area (Å²) in [5.74, 6) is -4.13. The van der Waals surface area contributed by atoms with Crippen molar-refractivity contribution in [2.24, 2.45) is 0 Å². The predicted octanol–water partition coefficient (Wildman–Crippen LogP) is 4.05. The van der Waals surface area contributed by atoms with Gasteiger partial charge in [0.25, 0.3) is 11.7 Å². The van der Waals surface area contributed by atoms with Crippen molar-refractivity contribution in [1.82, 2.24) is 19.6 Å². The van der Waals surface area contributed by atoms with Gasteiger partial charge in [-0.25, -0.2) is 13.8 Å². The number of aromatic nitrogens is 4. The first-order valence-corrected chi connectivity index (χ1v) is 8.14. The molecule has 0 amide bonds. The maximum atomic E-state index is 14.7.